The fraction of sp³-hybridized carbons (Fsp3) is 0.333. The van der Waals surface area contributed by atoms with Crippen LogP contribution in [0.25, 0.3) is 0 Å². The number of nitrogens with zero attached hydrogens (tertiary/aromatic N) is 2. The predicted molar refractivity (Wildman–Crippen MR) is 99.2 cm³/mol. The highest BCUT2D eigenvalue weighted by atomic mass is 16.5. The van der Waals surface area contributed by atoms with E-state index in [0.29, 0.717) is 6.61 Å². The van der Waals surface area contributed by atoms with Gasteiger partial charge in [0, 0.05) is 6.42 Å². The lowest BCUT2D eigenvalue weighted by Gasteiger charge is -2.04. The summed E-state index contributed by atoms with van der Waals surface area (Å²) in [5.41, 5.74) is 3.02. The Morgan fingerprint density at radius 3 is 2.12 bits per heavy atom. The van der Waals surface area contributed by atoms with E-state index in [1.807, 2.05) is 36.4 Å². The van der Waals surface area contributed by atoms with Crippen molar-refractivity contribution in [1.29, 1.82) is 0 Å². The molecule has 2 aromatic rings. The summed E-state index contributed by atoms with van der Waals surface area (Å²) in [6, 6.07) is 15.9. The molecule has 124 valence electrons. The van der Waals surface area contributed by atoms with E-state index in [2.05, 4.69) is 35.2 Å². The molecule has 0 heterocycles. The van der Waals surface area contributed by atoms with Gasteiger partial charge in [0.2, 0.25) is 0 Å². The maximum Gasteiger partial charge on any atom is 0.119 e. The highest BCUT2D eigenvalue weighted by molar-refractivity contribution is 5.43. The Hall–Kier alpha value is -2.60. The van der Waals surface area contributed by atoms with Gasteiger partial charge in [0.1, 0.15) is 5.75 Å². The fourth-order valence-electron chi connectivity index (χ4n) is 2.20. The van der Waals surface area contributed by atoms with Crippen LogP contribution in [0.15, 0.2) is 58.8 Å². The minimum absolute atomic E-state index is 0.634. The van der Waals surface area contributed by atoms with E-state index in [9.17, 15) is 0 Å². The molecule has 0 saturated carbocycles. The van der Waals surface area contributed by atoms with Crippen molar-refractivity contribution in [2.75, 3.05) is 6.61 Å². The van der Waals surface area contributed by atoms with Crippen molar-refractivity contribution in [2.45, 2.75) is 39.0 Å². The molecule has 24 heavy (non-hydrogen) atoms. The number of hydrogen-bond acceptors (Lipinski definition) is 3. The van der Waals surface area contributed by atoms with Crippen molar-refractivity contribution < 1.29 is 4.74 Å². The molecule has 2 aromatic carbocycles. The molecule has 0 radical (unpaired) electrons. The monoisotopic (exact) mass is 320 g/mol. The van der Waals surface area contributed by atoms with Crippen molar-refractivity contribution in [3.8, 4) is 18.1 Å². The number of unbranched alkanes of at least 4 members (excludes halogenated alkanes) is 2. The Morgan fingerprint density at radius 2 is 1.54 bits per heavy atom. The lowest BCUT2D eigenvalue weighted by molar-refractivity contribution is 0.313. The van der Waals surface area contributed by atoms with Crippen LogP contribution in [0, 0.1) is 12.3 Å². The van der Waals surface area contributed by atoms with E-state index in [1.165, 1.54) is 18.4 Å². The first-order valence-corrected chi connectivity index (χ1v) is 8.49. The maximum atomic E-state index is 5.60. The first-order valence-electron chi connectivity index (χ1n) is 8.49. The number of aryl methyl sites for hydroxylation is 1. The molecule has 0 spiro atoms. The molecule has 0 aliphatic rings. The van der Waals surface area contributed by atoms with Gasteiger partial charge in [-0.1, -0.05) is 25.5 Å². The normalized spacial score (nSPS) is 10.7. The quantitative estimate of drug-likeness (QED) is 0.306. The first-order chi connectivity index (χ1) is 11.8. The van der Waals surface area contributed by atoms with Crippen molar-refractivity contribution >= 4 is 11.4 Å². The smallest absolute Gasteiger partial charge is 0.119 e. The number of terminal acetylenes is 1. The van der Waals surface area contributed by atoms with Crippen LogP contribution >= 0.6 is 0 Å². The molecule has 3 nitrogen and oxygen atoms in total. The van der Waals surface area contributed by atoms with Crippen molar-refractivity contribution in [1.82, 2.24) is 0 Å². The Morgan fingerprint density at radius 1 is 0.917 bits per heavy atom. The van der Waals surface area contributed by atoms with Crippen LogP contribution in [-0.2, 0) is 6.42 Å². The lowest BCUT2D eigenvalue weighted by Crippen LogP contribution is -1.95. The lowest BCUT2D eigenvalue weighted by atomic mass is 10.1. The molecule has 0 aliphatic heterocycles. The van der Waals surface area contributed by atoms with Gasteiger partial charge in [-0.05, 0) is 61.2 Å². The minimum atomic E-state index is 0.634. The Kier molecular flexibility index (Phi) is 7.56. The van der Waals surface area contributed by atoms with Crippen molar-refractivity contribution in [2.24, 2.45) is 10.2 Å². The number of ether oxygens (including phenoxy) is 1. The third kappa shape index (κ3) is 6.26. The topological polar surface area (TPSA) is 34.0 Å². The van der Waals surface area contributed by atoms with E-state index in [0.717, 1.165) is 36.4 Å². The zero-order valence-corrected chi connectivity index (χ0v) is 14.2. The fourth-order valence-corrected chi connectivity index (χ4v) is 2.20. The summed E-state index contributed by atoms with van der Waals surface area (Å²) in [4.78, 5) is 0. The Balaban J connectivity index is 1.86. The van der Waals surface area contributed by atoms with Gasteiger partial charge < -0.3 is 4.74 Å². The van der Waals surface area contributed by atoms with Crippen LogP contribution in [0.1, 0.15) is 38.2 Å². The van der Waals surface area contributed by atoms with Gasteiger partial charge in [0.05, 0.1) is 18.0 Å². The SMILES string of the molecule is C#CCCCOc1ccc(N=Nc2ccc(CCCC)cc2)cc1. The minimum Gasteiger partial charge on any atom is -0.494 e. The highest BCUT2D eigenvalue weighted by Gasteiger charge is 1.96. The molecule has 0 bridgehead atoms. The third-order valence-corrected chi connectivity index (χ3v) is 3.61. The summed E-state index contributed by atoms with van der Waals surface area (Å²) in [6.45, 7) is 2.84. The van der Waals surface area contributed by atoms with Gasteiger partial charge in [-0.25, -0.2) is 0 Å². The second kappa shape index (κ2) is 10.2. The molecular weight excluding hydrogens is 296 g/mol. The molecule has 0 aliphatic carbocycles. The van der Waals surface area contributed by atoms with Crippen LogP contribution in [0.3, 0.4) is 0 Å². The van der Waals surface area contributed by atoms with E-state index < -0.39 is 0 Å². The summed E-state index contributed by atoms with van der Waals surface area (Å²) in [7, 11) is 0. The van der Waals surface area contributed by atoms with Crippen LogP contribution in [0.2, 0.25) is 0 Å². The average molecular weight is 320 g/mol. The van der Waals surface area contributed by atoms with Gasteiger partial charge in [-0.2, -0.15) is 10.2 Å². The molecule has 0 amide bonds. The van der Waals surface area contributed by atoms with E-state index in [1.54, 1.807) is 0 Å². The van der Waals surface area contributed by atoms with E-state index >= 15 is 0 Å². The summed E-state index contributed by atoms with van der Waals surface area (Å²) >= 11 is 0. The number of azo groups is 1. The van der Waals surface area contributed by atoms with Crippen LogP contribution < -0.4 is 4.74 Å². The number of benzene rings is 2. The first kappa shape index (κ1) is 17.7. The highest BCUT2D eigenvalue weighted by Crippen LogP contribution is 2.22. The van der Waals surface area contributed by atoms with Crippen LogP contribution in [-0.4, -0.2) is 6.61 Å². The molecule has 0 fully saturated rings. The zero-order valence-electron chi connectivity index (χ0n) is 14.2. The van der Waals surface area contributed by atoms with E-state index in [-0.39, 0.29) is 0 Å². The average Bonchev–Trinajstić information content (AvgIpc) is 2.64. The van der Waals surface area contributed by atoms with Crippen molar-refractivity contribution in [3.63, 3.8) is 0 Å². The maximum absolute atomic E-state index is 5.60. The predicted octanol–water partition coefficient (Wildman–Crippen LogP) is 6.24. The second-order valence-corrected chi connectivity index (χ2v) is 5.62. The van der Waals surface area contributed by atoms with Crippen molar-refractivity contribution in [3.05, 3.63) is 54.1 Å². The molecule has 3 heteroatoms. The molecule has 0 aromatic heterocycles. The Labute approximate surface area is 144 Å². The standard InChI is InChI=1S/C21H24N2O/c1-3-5-7-17-24-21-15-13-20(14-16-21)23-22-19-11-9-18(10-12-19)8-6-4-2/h1,9-16H,4-8,17H2,2H3. The molecule has 0 N–H and O–H groups in total. The molecule has 2 rings (SSSR count). The number of rotatable bonds is 9. The van der Waals surface area contributed by atoms with Gasteiger partial charge >= 0.3 is 0 Å². The van der Waals surface area contributed by atoms with Crippen LogP contribution in [0.5, 0.6) is 5.75 Å². The van der Waals surface area contributed by atoms with Gasteiger partial charge in [-0.3, -0.25) is 0 Å². The number of hydrogen-bond donors (Lipinski definition) is 0. The summed E-state index contributed by atoms with van der Waals surface area (Å²) in [6.07, 6.45) is 10.4. The molecular formula is C21H24N2O. The van der Waals surface area contributed by atoms with Gasteiger partial charge in [-0.15, -0.1) is 12.3 Å². The summed E-state index contributed by atoms with van der Waals surface area (Å²) < 4.78 is 5.60. The second-order valence-electron chi connectivity index (χ2n) is 5.62. The van der Waals surface area contributed by atoms with E-state index in [4.69, 9.17) is 11.2 Å². The molecule has 0 atom stereocenters. The Bertz CT molecular complexity index is 666. The third-order valence-electron chi connectivity index (χ3n) is 3.61. The zero-order chi connectivity index (χ0) is 17.0. The molecule has 0 saturated heterocycles. The summed E-state index contributed by atoms with van der Waals surface area (Å²) in [5, 5.41) is 8.54. The van der Waals surface area contributed by atoms with Gasteiger partial charge in [0.25, 0.3) is 0 Å². The molecule has 0 unspecified atom stereocenters. The largest absolute Gasteiger partial charge is 0.494 e. The van der Waals surface area contributed by atoms with Gasteiger partial charge in [0.15, 0.2) is 0 Å². The summed E-state index contributed by atoms with van der Waals surface area (Å²) in [5.74, 6) is 3.43. The van der Waals surface area contributed by atoms with Crippen LogP contribution in [0.4, 0.5) is 11.4 Å².